The van der Waals surface area contributed by atoms with E-state index in [0.29, 0.717) is 6.42 Å². The first-order valence-corrected chi connectivity index (χ1v) is 6.54. The molecule has 0 N–H and O–H groups in total. The molecule has 1 atom stereocenters. The number of ketones is 1. The van der Waals surface area contributed by atoms with Gasteiger partial charge in [-0.3, -0.25) is 9.59 Å². The van der Waals surface area contributed by atoms with Crippen molar-refractivity contribution in [2.24, 2.45) is 5.92 Å². The van der Waals surface area contributed by atoms with E-state index < -0.39 is 0 Å². The Kier molecular flexibility index (Phi) is 2.69. The Morgan fingerprint density at radius 2 is 1.94 bits per heavy atom. The summed E-state index contributed by atoms with van der Waals surface area (Å²) >= 11 is 0. The maximum atomic E-state index is 12.1. The molecular weight excluding hydrogens is 226 g/mol. The maximum Gasteiger partial charge on any atom is 0.225 e. The van der Waals surface area contributed by atoms with E-state index in [-0.39, 0.29) is 23.7 Å². The van der Waals surface area contributed by atoms with Crippen molar-refractivity contribution in [1.82, 2.24) is 4.90 Å². The first-order valence-electron chi connectivity index (χ1n) is 6.54. The van der Waals surface area contributed by atoms with Crippen molar-refractivity contribution < 1.29 is 9.59 Å². The quantitative estimate of drug-likeness (QED) is 0.797. The van der Waals surface area contributed by atoms with Gasteiger partial charge in [0.1, 0.15) is 0 Å². The smallest absolute Gasteiger partial charge is 0.225 e. The summed E-state index contributed by atoms with van der Waals surface area (Å²) in [5.74, 6) is 0.603. The zero-order valence-electron chi connectivity index (χ0n) is 10.6. The van der Waals surface area contributed by atoms with E-state index >= 15 is 0 Å². The van der Waals surface area contributed by atoms with Gasteiger partial charge in [0, 0.05) is 31.0 Å². The van der Waals surface area contributed by atoms with Crippen LogP contribution >= 0.6 is 0 Å². The van der Waals surface area contributed by atoms with Crippen LogP contribution in [0.2, 0.25) is 0 Å². The van der Waals surface area contributed by atoms with Crippen molar-refractivity contribution in [2.75, 3.05) is 7.05 Å². The van der Waals surface area contributed by atoms with Gasteiger partial charge in [0.25, 0.3) is 0 Å². The zero-order valence-corrected chi connectivity index (χ0v) is 10.6. The second kappa shape index (κ2) is 4.23. The SMILES string of the molecule is CN(C(=O)C1CC1)[C@H]1CC(=O)c2ccccc2C1. The van der Waals surface area contributed by atoms with E-state index in [4.69, 9.17) is 0 Å². The number of carbonyl (C=O) groups excluding carboxylic acids is 2. The molecule has 0 bridgehead atoms. The van der Waals surface area contributed by atoms with Crippen LogP contribution in [0.15, 0.2) is 24.3 Å². The summed E-state index contributed by atoms with van der Waals surface area (Å²) in [4.78, 5) is 25.9. The Hall–Kier alpha value is -1.64. The third-order valence-corrected chi connectivity index (χ3v) is 4.02. The highest BCUT2D eigenvalue weighted by Gasteiger charge is 2.36. The van der Waals surface area contributed by atoms with Crippen molar-refractivity contribution >= 4 is 11.7 Å². The number of benzene rings is 1. The van der Waals surface area contributed by atoms with E-state index in [1.165, 1.54) is 0 Å². The Labute approximate surface area is 107 Å². The number of hydrogen-bond acceptors (Lipinski definition) is 2. The minimum Gasteiger partial charge on any atom is -0.342 e. The van der Waals surface area contributed by atoms with E-state index in [1.54, 1.807) is 4.90 Å². The predicted octanol–water partition coefficient (Wildman–Crippen LogP) is 2.05. The van der Waals surface area contributed by atoms with Gasteiger partial charge in [0.05, 0.1) is 0 Å². The Morgan fingerprint density at radius 1 is 1.22 bits per heavy atom. The number of nitrogens with zero attached hydrogens (tertiary/aromatic N) is 1. The minimum absolute atomic E-state index is 0.0421. The van der Waals surface area contributed by atoms with Crippen LogP contribution in [-0.2, 0) is 11.2 Å². The monoisotopic (exact) mass is 243 g/mol. The van der Waals surface area contributed by atoms with Crippen LogP contribution in [0, 0.1) is 5.92 Å². The summed E-state index contributed by atoms with van der Waals surface area (Å²) in [6.07, 6.45) is 3.30. The summed E-state index contributed by atoms with van der Waals surface area (Å²) in [6.45, 7) is 0. The molecule has 3 nitrogen and oxygen atoms in total. The Bertz CT molecular complexity index is 505. The third kappa shape index (κ3) is 1.94. The van der Waals surface area contributed by atoms with Gasteiger partial charge in [-0.15, -0.1) is 0 Å². The molecule has 0 heterocycles. The standard InChI is InChI=1S/C15H17NO2/c1-16(15(18)10-6-7-10)12-8-11-4-2-3-5-13(11)14(17)9-12/h2-5,10,12H,6-9H2,1H3/t12-/m1/s1. The van der Waals surface area contributed by atoms with Crippen LogP contribution in [0.25, 0.3) is 0 Å². The largest absolute Gasteiger partial charge is 0.342 e. The summed E-state index contributed by atoms with van der Waals surface area (Å²) in [5.41, 5.74) is 1.91. The van der Waals surface area contributed by atoms with Gasteiger partial charge in [-0.1, -0.05) is 24.3 Å². The molecule has 0 spiro atoms. The molecule has 0 aliphatic heterocycles. The van der Waals surface area contributed by atoms with E-state index in [9.17, 15) is 9.59 Å². The van der Waals surface area contributed by atoms with E-state index in [0.717, 1.165) is 30.4 Å². The lowest BCUT2D eigenvalue weighted by Gasteiger charge is -2.31. The highest BCUT2D eigenvalue weighted by Crippen LogP contribution is 2.33. The molecule has 1 aromatic rings. The molecule has 2 aliphatic rings. The van der Waals surface area contributed by atoms with Gasteiger partial charge in [-0.2, -0.15) is 0 Å². The van der Waals surface area contributed by atoms with E-state index in [2.05, 4.69) is 0 Å². The first-order chi connectivity index (χ1) is 8.66. The molecule has 0 aromatic heterocycles. The topological polar surface area (TPSA) is 37.4 Å². The lowest BCUT2D eigenvalue weighted by molar-refractivity contribution is -0.133. The minimum atomic E-state index is 0.0421. The average molecular weight is 243 g/mol. The molecule has 2 aliphatic carbocycles. The second-order valence-corrected chi connectivity index (χ2v) is 5.37. The number of hydrogen-bond donors (Lipinski definition) is 0. The van der Waals surface area contributed by atoms with Crippen molar-refractivity contribution in [3.8, 4) is 0 Å². The summed E-state index contributed by atoms with van der Waals surface area (Å²) in [6, 6.07) is 7.78. The van der Waals surface area contributed by atoms with Crippen LogP contribution < -0.4 is 0 Å². The van der Waals surface area contributed by atoms with Gasteiger partial charge < -0.3 is 4.90 Å². The van der Waals surface area contributed by atoms with Crippen molar-refractivity contribution in [3.63, 3.8) is 0 Å². The van der Waals surface area contributed by atoms with Crippen molar-refractivity contribution in [2.45, 2.75) is 31.7 Å². The fraction of sp³-hybridized carbons (Fsp3) is 0.467. The van der Waals surface area contributed by atoms with E-state index in [1.807, 2.05) is 31.3 Å². The number of rotatable bonds is 2. The van der Waals surface area contributed by atoms with Gasteiger partial charge in [0.15, 0.2) is 5.78 Å². The molecule has 0 radical (unpaired) electrons. The summed E-state index contributed by atoms with van der Waals surface area (Å²) in [7, 11) is 1.84. The lowest BCUT2D eigenvalue weighted by atomic mass is 9.86. The third-order valence-electron chi connectivity index (χ3n) is 4.02. The Balaban J connectivity index is 1.80. The number of Topliss-reactive ketones (excluding diaryl/α,β-unsaturated/α-hetero) is 1. The normalized spacial score (nSPS) is 22.5. The summed E-state index contributed by atoms with van der Waals surface area (Å²) in [5, 5.41) is 0. The highest BCUT2D eigenvalue weighted by atomic mass is 16.2. The molecule has 0 saturated heterocycles. The summed E-state index contributed by atoms with van der Waals surface area (Å²) < 4.78 is 0. The van der Waals surface area contributed by atoms with Crippen molar-refractivity contribution in [1.29, 1.82) is 0 Å². The van der Waals surface area contributed by atoms with Crippen LogP contribution in [-0.4, -0.2) is 29.7 Å². The Morgan fingerprint density at radius 3 is 2.67 bits per heavy atom. The molecule has 1 saturated carbocycles. The molecule has 0 unspecified atom stereocenters. The van der Waals surface area contributed by atoms with Crippen LogP contribution in [0.4, 0.5) is 0 Å². The zero-order chi connectivity index (χ0) is 12.7. The number of likely N-dealkylation sites (N-methyl/N-ethyl adjacent to an activating group) is 1. The van der Waals surface area contributed by atoms with Gasteiger partial charge in [-0.25, -0.2) is 0 Å². The molecule has 3 heteroatoms. The van der Waals surface area contributed by atoms with Crippen LogP contribution in [0.1, 0.15) is 35.2 Å². The number of amides is 1. The highest BCUT2D eigenvalue weighted by molar-refractivity contribution is 5.99. The van der Waals surface area contributed by atoms with Crippen LogP contribution in [0.3, 0.4) is 0 Å². The lowest BCUT2D eigenvalue weighted by Crippen LogP contribution is -2.42. The van der Waals surface area contributed by atoms with Crippen molar-refractivity contribution in [3.05, 3.63) is 35.4 Å². The molecule has 1 fully saturated rings. The van der Waals surface area contributed by atoms with Gasteiger partial charge >= 0.3 is 0 Å². The van der Waals surface area contributed by atoms with Crippen LogP contribution in [0.5, 0.6) is 0 Å². The molecule has 1 amide bonds. The molecule has 3 rings (SSSR count). The molecule has 18 heavy (non-hydrogen) atoms. The predicted molar refractivity (Wildman–Crippen MR) is 68.4 cm³/mol. The fourth-order valence-corrected chi connectivity index (χ4v) is 2.69. The number of fused-ring (bicyclic) bond motifs is 1. The van der Waals surface area contributed by atoms with Gasteiger partial charge in [0.2, 0.25) is 5.91 Å². The first kappa shape index (κ1) is 11.5. The second-order valence-electron chi connectivity index (χ2n) is 5.37. The average Bonchev–Trinajstić information content (AvgIpc) is 3.21. The number of carbonyl (C=O) groups is 2. The fourth-order valence-electron chi connectivity index (χ4n) is 2.69. The molecule has 1 aromatic carbocycles. The molecular formula is C15H17NO2. The molecule has 94 valence electrons. The maximum absolute atomic E-state index is 12.1. The van der Waals surface area contributed by atoms with Gasteiger partial charge in [-0.05, 0) is 24.8 Å².